The van der Waals surface area contributed by atoms with Crippen LogP contribution in [-0.4, -0.2) is 75.1 Å². The van der Waals surface area contributed by atoms with Crippen LogP contribution in [0.5, 0.6) is 5.75 Å². The lowest BCUT2D eigenvalue weighted by Crippen LogP contribution is -2.38. The highest BCUT2D eigenvalue weighted by atomic mass is 32.2. The number of carbonyl (C=O) groups excluding carboxylic acids is 3. The molecule has 3 amide bonds. The molecule has 3 atom stereocenters. The fourth-order valence-electron chi connectivity index (χ4n) is 4.90. The minimum atomic E-state index is -1.27. The molecule has 0 unspecified atom stereocenters. The topological polar surface area (TPSA) is 137 Å². The highest BCUT2D eigenvalue weighted by Gasteiger charge is 2.56. The number of ether oxygens (including phenoxy) is 1. The summed E-state index contributed by atoms with van der Waals surface area (Å²) in [6.07, 6.45) is 3.08. The Morgan fingerprint density at radius 2 is 1.89 bits per heavy atom. The van der Waals surface area contributed by atoms with E-state index in [-0.39, 0.29) is 17.4 Å². The minimum absolute atomic E-state index is 0.0868. The van der Waals surface area contributed by atoms with Gasteiger partial charge in [0, 0.05) is 23.9 Å². The number of amides is 3. The zero-order valence-electron chi connectivity index (χ0n) is 18.6. The number of nitrogens with one attached hydrogen (secondary N) is 1. The summed E-state index contributed by atoms with van der Waals surface area (Å²) in [7, 11) is 0. The van der Waals surface area contributed by atoms with Gasteiger partial charge in [0.25, 0.3) is 5.91 Å². The second-order valence-electron chi connectivity index (χ2n) is 8.71. The van der Waals surface area contributed by atoms with E-state index in [0.29, 0.717) is 21.2 Å². The molecule has 1 aromatic carbocycles. The zero-order chi connectivity index (χ0) is 24.7. The molecule has 184 valence electrons. The Morgan fingerprint density at radius 3 is 2.63 bits per heavy atom. The van der Waals surface area contributed by atoms with Gasteiger partial charge in [0.2, 0.25) is 11.8 Å². The summed E-state index contributed by atoms with van der Waals surface area (Å²) in [5, 5.41) is 8.86. The van der Waals surface area contributed by atoms with Crippen LogP contribution >= 0.6 is 23.1 Å². The summed E-state index contributed by atoms with van der Waals surface area (Å²) in [6, 6.07) is 6.94. The molecule has 3 aliphatic rings. The molecule has 3 aliphatic heterocycles. The highest BCUT2D eigenvalue weighted by molar-refractivity contribution is 8.00. The number of aromatic nitrogens is 1. The van der Waals surface area contributed by atoms with Crippen LogP contribution in [0.1, 0.15) is 35.6 Å². The number of carboxylic acids is 1. The summed E-state index contributed by atoms with van der Waals surface area (Å²) >= 11 is 2.06. The van der Waals surface area contributed by atoms with E-state index >= 15 is 0 Å². The fourth-order valence-corrected chi connectivity index (χ4v) is 7.44. The summed E-state index contributed by atoms with van der Waals surface area (Å²) < 4.78 is 5.78. The van der Waals surface area contributed by atoms with E-state index in [9.17, 15) is 29.1 Å². The third kappa shape index (κ3) is 4.47. The number of aliphatic carboxylic acids is 1. The van der Waals surface area contributed by atoms with Crippen LogP contribution in [0, 0.1) is 5.92 Å². The van der Waals surface area contributed by atoms with Crippen LogP contribution in [0.25, 0.3) is 0 Å². The average molecular weight is 518 g/mol. The van der Waals surface area contributed by atoms with Gasteiger partial charge in [-0.3, -0.25) is 28.9 Å². The quantitative estimate of drug-likeness (QED) is 0.550. The monoisotopic (exact) mass is 517 g/mol. The average Bonchev–Trinajstić information content (AvgIpc) is 3.33. The molecule has 0 aliphatic carbocycles. The van der Waals surface area contributed by atoms with Crippen molar-refractivity contribution in [2.75, 3.05) is 26.2 Å². The Labute approximate surface area is 208 Å². The van der Waals surface area contributed by atoms with Gasteiger partial charge in [0.15, 0.2) is 6.61 Å². The van der Waals surface area contributed by atoms with Gasteiger partial charge in [-0.15, -0.1) is 0 Å². The number of benzene rings is 1. The Kier molecular flexibility index (Phi) is 6.41. The van der Waals surface area contributed by atoms with Gasteiger partial charge in [-0.05, 0) is 37.0 Å². The maximum Gasteiger partial charge on any atom is 0.323 e. The molecule has 1 aromatic heterocycles. The first-order valence-electron chi connectivity index (χ1n) is 11.3. The number of fused-ring (bicyclic) bond motifs is 2. The molecule has 0 radical (unpaired) electrons. The number of carboxylic acid groups (broad SMARTS) is 1. The summed E-state index contributed by atoms with van der Waals surface area (Å²) in [4.78, 5) is 67.7. The number of hydrogen-bond donors (Lipinski definition) is 2. The van der Waals surface area contributed by atoms with Crippen molar-refractivity contribution in [1.82, 2.24) is 14.8 Å². The second kappa shape index (κ2) is 9.50. The first-order chi connectivity index (χ1) is 16.8. The number of H-pyrrole nitrogens is 1. The predicted molar refractivity (Wildman–Crippen MR) is 127 cm³/mol. The van der Waals surface area contributed by atoms with E-state index in [1.165, 1.54) is 0 Å². The van der Waals surface area contributed by atoms with E-state index in [0.717, 1.165) is 60.4 Å². The first-order valence-corrected chi connectivity index (χ1v) is 13.0. The Bertz CT molecular complexity index is 1250. The molecule has 2 fully saturated rings. The zero-order valence-corrected chi connectivity index (χ0v) is 20.2. The lowest BCUT2D eigenvalue weighted by molar-refractivity contribution is -0.149. The molecule has 35 heavy (non-hydrogen) atoms. The van der Waals surface area contributed by atoms with Crippen LogP contribution in [0.2, 0.25) is 0 Å². The summed E-state index contributed by atoms with van der Waals surface area (Å²) in [5.74, 6) is -3.55. The third-order valence-corrected chi connectivity index (χ3v) is 8.90. The third-order valence-electron chi connectivity index (χ3n) is 6.50. The standard InChI is InChI=1S/C23H23N3O7S2/c27-14(25-7-2-1-3-8-25)11-33-13-6-4-5-12(9-13)16-17-19(34-20-18(16)35-23(32)24-20)22(31)26(21(17)30)10-15(28)29/h4-6,9,16-17,19H,1-3,7-8,10-11H2,(H,24,32)(H,28,29)/t16-,17+,19-/m0/s1. The van der Waals surface area contributed by atoms with Crippen molar-refractivity contribution in [2.45, 2.75) is 35.5 Å². The van der Waals surface area contributed by atoms with Gasteiger partial charge < -0.3 is 19.7 Å². The predicted octanol–water partition coefficient (Wildman–Crippen LogP) is 1.50. The number of piperidine rings is 1. The molecular formula is C23H23N3O7S2. The molecule has 2 saturated heterocycles. The number of carbonyl (C=O) groups is 4. The molecule has 12 heteroatoms. The Balaban J connectivity index is 1.44. The SMILES string of the molecule is O=C(O)CN1C(=O)[C@@H]2[C@H](c3cccc(OCC(=O)N4CCCCC4)c3)c3sc(=O)[nH]c3S[C@@H]2C1=O. The molecule has 2 aromatic rings. The Hall–Kier alpha value is -3.12. The molecule has 4 heterocycles. The number of aromatic amines is 1. The number of rotatable bonds is 6. The van der Waals surface area contributed by atoms with Crippen molar-refractivity contribution in [3.63, 3.8) is 0 Å². The van der Waals surface area contributed by atoms with Gasteiger partial charge >= 0.3 is 10.8 Å². The summed E-state index contributed by atoms with van der Waals surface area (Å²) in [5.41, 5.74) is 0.651. The molecule has 0 spiro atoms. The maximum absolute atomic E-state index is 13.2. The van der Waals surface area contributed by atoms with Gasteiger partial charge in [-0.2, -0.15) is 0 Å². The normalized spacial score (nSPS) is 23.7. The van der Waals surface area contributed by atoms with E-state index in [1.807, 2.05) is 0 Å². The van der Waals surface area contributed by atoms with E-state index in [2.05, 4.69) is 4.98 Å². The van der Waals surface area contributed by atoms with Crippen molar-refractivity contribution in [2.24, 2.45) is 5.92 Å². The molecule has 0 bridgehead atoms. The van der Waals surface area contributed by atoms with Crippen LogP contribution in [-0.2, 0) is 19.2 Å². The molecular weight excluding hydrogens is 494 g/mol. The molecule has 5 rings (SSSR count). The van der Waals surface area contributed by atoms with E-state index in [1.54, 1.807) is 29.2 Å². The van der Waals surface area contributed by atoms with Gasteiger partial charge in [0.1, 0.15) is 17.5 Å². The Morgan fingerprint density at radius 1 is 1.11 bits per heavy atom. The minimum Gasteiger partial charge on any atom is -0.484 e. The van der Waals surface area contributed by atoms with Crippen LogP contribution in [0.3, 0.4) is 0 Å². The lowest BCUT2D eigenvalue weighted by atomic mass is 9.83. The lowest BCUT2D eigenvalue weighted by Gasteiger charge is -2.30. The number of hydrogen-bond acceptors (Lipinski definition) is 8. The number of thiazole rings is 1. The van der Waals surface area contributed by atoms with Crippen molar-refractivity contribution >= 4 is 46.8 Å². The van der Waals surface area contributed by atoms with E-state index in [4.69, 9.17) is 4.74 Å². The first kappa shape index (κ1) is 23.6. The second-order valence-corrected chi connectivity index (χ2v) is 10.9. The molecule has 10 nitrogen and oxygen atoms in total. The van der Waals surface area contributed by atoms with Crippen LogP contribution < -0.4 is 9.61 Å². The fraction of sp³-hybridized carbons (Fsp3) is 0.435. The van der Waals surface area contributed by atoms with Crippen molar-refractivity contribution < 1.29 is 29.0 Å². The summed E-state index contributed by atoms with van der Waals surface area (Å²) in [6.45, 7) is 0.638. The number of imide groups is 1. The largest absolute Gasteiger partial charge is 0.484 e. The van der Waals surface area contributed by atoms with Crippen molar-refractivity contribution in [1.29, 1.82) is 0 Å². The maximum atomic E-state index is 13.2. The van der Waals surface area contributed by atoms with Crippen LogP contribution in [0.15, 0.2) is 34.1 Å². The van der Waals surface area contributed by atoms with Crippen molar-refractivity contribution in [3.8, 4) is 5.75 Å². The smallest absolute Gasteiger partial charge is 0.323 e. The number of nitrogens with zero attached hydrogens (tertiary/aromatic N) is 2. The van der Waals surface area contributed by atoms with Crippen LogP contribution in [0.4, 0.5) is 0 Å². The highest BCUT2D eigenvalue weighted by Crippen LogP contribution is 2.52. The molecule has 0 saturated carbocycles. The number of likely N-dealkylation sites (tertiary alicyclic amines) is 2. The van der Waals surface area contributed by atoms with Crippen molar-refractivity contribution in [3.05, 3.63) is 44.4 Å². The van der Waals surface area contributed by atoms with Gasteiger partial charge in [-0.1, -0.05) is 35.2 Å². The van der Waals surface area contributed by atoms with E-state index < -0.39 is 41.4 Å². The van der Waals surface area contributed by atoms with Gasteiger partial charge in [0.05, 0.1) is 10.9 Å². The number of thioether (sulfide) groups is 1. The van der Waals surface area contributed by atoms with Gasteiger partial charge in [-0.25, -0.2) is 0 Å². The molecule has 2 N–H and O–H groups in total.